The minimum atomic E-state index is -0.183. The zero-order valence-corrected chi connectivity index (χ0v) is 16.1. The second kappa shape index (κ2) is 8.98. The summed E-state index contributed by atoms with van der Waals surface area (Å²) in [5.74, 6) is -0.439. The van der Waals surface area contributed by atoms with Crippen LogP contribution in [-0.4, -0.2) is 24.3 Å². The van der Waals surface area contributed by atoms with Gasteiger partial charge in [-0.3, -0.25) is 14.4 Å². The molecular formula is C21H25N3O3. The third-order valence-electron chi connectivity index (χ3n) is 4.23. The molecule has 0 aliphatic rings. The highest BCUT2D eigenvalue weighted by molar-refractivity contribution is 5.95. The van der Waals surface area contributed by atoms with Crippen molar-refractivity contribution in [3.63, 3.8) is 0 Å². The molecule has 142 valence electrons. The summed E-state index contributed by atoms with van der Waals surface area (Å²) in [4.78, 5) is 36.9. The van der Waals surface area contributed by atoms with Gasteiger partial charge in [-0.05, 0) is 61.4 Å². The molecule has 6 nitrogen and oxygen atoms in total. The summed E-state index contributed by atoms with van der Waals surface area (Å²) >= 11 is 0. The van der Waals surface area contributed by atoms with E-state index in [1.165, 1.54) is 13.8 Å². The van der Waals surface area contributed by atoms with Gasteiger partial charge >= 0.3 is 0 Å². The number of rotatable bonds is 6. The minimum Gasteiger partial charge on any atom is -0.326 e. The van der Waals surface area contributed by atoms with E-state index < -0.39 is 0 Å². The normalized spacial score (nSPS) is 10.2. The first-order valence-corrected chi connectivity index (χ1v) is 8.79. The van der Waals surface area contributed by atoms with E-state index in [0.29, 0.717) is 17.9 Å². The number of hydrogen-bond donors (Lipinski definition) is 2. The van der Waals surface area contributed by atoms with Crippen molar-refractivity contribution >= 4 is 34.8 Å². The number of carbonyl (C=O) groups is 3. The van der Waals surface area contributed by atoms with Crippen LogP contribution in [0.25, 0.3) is 0 Å². The molecule has 27 heavy (non-hydrogen) atoms. The molecule has 0 aromatic heterocycles. The molecule has 0 saturated heterocycles. The Kier molecular flexibility index (Phi) is 6.71. The Labute approximate surface area is 159 Å². The number of benzene rings is 2. The fourth-order valence-electron chi connectivity index (χ4n) is 2.64. The van der Waals surface area contributed by atoms with Crippen molar-refractivity contribution in [3.05, 3.63) is 53.6 Å². The third kappa shape index (κ3) is 5.95. The average Bonchev–Trinajstić information content (AvgIpc) is 2.59. The zero-order valence-electron chi connectivity index (χ0n) is 16.1. The number of amides is 3. The zero-order chi connectivity index (χ0) is 20.0. The summed E-state index contributed by atoms with van der Waals surface area (Å²) in [6, 6.07) is 12.7. The molecule has 0 atom stereocenters. The number of anilines is 3. The lowest BCUT2D eigenvalue weighted by atomic mass is 10.1. The van der Waals surface area contributed by atoms with Crippen LogP contribution in [0.15, 0.2) is 42.5 Å². The lowest BCUT2D eigenvalue weighted by Crippen LogP contribution is -2.32. The van der Waals surface area contributed by atoms with Crippen LogP contribution in [0.5, 0.6) is 0 Å². The highest BCUT2D eigenvalue weighted by Crippen LogP contribution is 2.20. The van der Waals surface area contributed by atoms with Gasteiger partial charge in [-0.1, -0.05) is 6.07 Å². The molecule has 2 N–H and O–H groups in total. The monoisotopic (exact) mass is 367 g/mol. The van der Waals surface area contributed by atoms with Crippen molar-refractivity contribution in [2.45, 2.75) is 34.1 Å². The Morgan fingerprint density at radius 3 is 1.96 bits per heavy atom. The van der Waals surface area contributed by atoms with Crippen LogP contribution in [0, 0.1) is 13.8 Å². The molecular weight excluding hydrogens is 342 g/mol. The SMILES string of the molecule is CC(=O)Nc1ccc(NC(=O)CCN(C(C)=O)c2ccc(C)c(C)c2)cc1. The van der Waals surface area contributed by atoms with Gasteiger partial charge in [-0.15, -0.1) is 0 Å². The number of nitrogens with zero attached hydrogens (tertiary/aromatic N) is 1. The van der Waals surface area contributed by atoms with Crippen molar-refractivity contribution in [1.29, 1.82) is 0 Å². The van der Waals surface area contributed by atoms with Gasteiger partial charge in [0.1, 0.15) is 0 Å². The molecule has 3 amide bonds. The van der Waals surface area contributed by atoms with Gasteiger partial charge < -0.3 is 15.5 Å². The van der Waals surface area contributed by atoms with Crippen LogP contribution < -0.4 is 15.5 Å². The maximum atomic E-state index is 12.2. The second-order valence-corrected chi connectivity index (χ2v) is 6.50. The molecule has 0 radical (unpaired) electrons. The Bertz CT molecular complexity index is 844. The van der Waals surface area contributed by atoms with E-state index in [0.717, 1.165) is 16.8 Å². The van der Waals surface area contributed by atoms with Crippen molar-refractivity contribution in [1.82, 2.24) is 0 Å². The molecule has 0 heterocycles. The first kappa shape index (κ1) is 20.2. The summed E-state index contributed by atoms with van der Waals surface area (Å²) in [5.41, 5.74) is 4.34. The molecule has 0 aliphatic heterocycles. The standard InChI is InChI=1S/C21H25N3O3/c1-14-5-10-20(13-15(14)2)24(17(4)26)12-11-21(27)23-19-8-6-18(7-9-19)22-16(3)25/h5-10,13H,11-12H2,1-4H3,(H,22,25)(H,23,27). The maximum absolute atomic E-state index is 12.2. The van der Waals surface area contributed by atoms with Crippen molar-refractivity contribution in [2.24, 2.45) is 0 Å². The quantitative estimate of drug-likeness (QED) is 0.818. The molecule has 2 aromatic rings. The molecule has 0 aliphatic carbocycles. The van der Waals surface area contributed by atoms with E-state index in [9.17, 15) is 14.4 Å². The summed E-state index contributed by atoms with van der Waals surface area (Å²) in [6.07, 6.45) is 0.181. The van der Waals surface area contributed by atoms with E-state index in [-0.39, 0.29) is 24.1 Å². The Hall–Kier alpha value is -3.15. The van der Waals surface area contributed by atoms with Gasteiger partial charge in [-0.2, -0.15) is 0 Å². The fourth-order valence-corrected chi connectivity index (χ4v) is 2.64. The smallest absolute Gasteiger partial charge is 0.226 e. The maximum Gasteiger partial charge on any atom is 0.226 e. The fraction of sp³-hybridized carbons (Fsp3) is 0.286. The predicted octanol–water partition coefficient (Wildman–Crippen LogP) is 3.64. The summed E-state index contributed by atoms with van der Waals surface area (Å²) in [6.45, 7) is 7.24. The van der Waals surface area contributed by atoms with E-state index in [1.807, 2.05) is 32.0 Å². The second-order valence-electron chi connectivity index (χ2n) is 6.50. The minimum absolute atomic E-state index is 0.106. The largest absolute Gasteiger partial charge is 0.326 e. The van der Waals surface area contributed by atoms with Crippen molar-refractivity contribution in [3.8, 4) is 0 Å². The van der Waals surface area contributed by atoms with Gasteiger partial charge in [0.05, 0.1) is 0 Å². The van der Waals surface area contributed by atoms with Crippen LogP contribution in [0.2, 0.25) is 0 Å². The topological polar surface area (TPSA) is 78.5 Å². The first-order valence-electron chi connectivity index (χ1n) is 8.79. The molecule has 0 fully saturated rings. The van der Waals surface area contributed by atoms with Crippen molar-refractivity contribution in [2.75, 3.05) is 22.1 Å². The van der Waals surface area contributed by atoms with Crippen LogP contribution in [0.3, 0.4) is 0 Å². The van der Waals surface area contributed by atoms with Crippen LogP contribution in [0.4, 0.5) is 17.1 Å². The van der Waals surface area contributed by atoms with Gasteiger partial charge in [0.15, 0.2) is 0 Å². The molecule has 2 aromatic carbocycles. The Morgan fingerprint density at radius 2 is 1.44 bits per heavy atom. The van der Waals surface area contributed by atoms with E-state index >= 15 is 0 Å². The molecule has 0 unspecified atom stereocenters. The lowest BCUT2D eigenvalue weighted by Gasteiger charge is -2.22. The van der Waals surface area contributed by atoms with E-state index in [1.54, 1.807) is 29.2 Å². The molecule has 2 rings (SSSR count). The molecule has 0 spiro atoms. The number of carbonyl (C=O) groups excluding carboxylic acids is 3. The van der Waals surface area contributed by atoms with Crippen molar-refractivity contribution < 1.29 is 14.4 Å². The molecule has 0 saturated carbocycles. The first-order chi connectivity index (χ1) is 12.8. The lowest BCUT2D eigenvalue weighted by molar-refractivity contribution is -0.117. The summed E-state index contributed by atoms with van der Waals surface area (Å²) in [7, 11) is 0. The van der Waals surface area contributed by atoms with Gasteiger partial charge in [0.2, 0.25) is 17.7 Å². The predicted molar refractivity (Wildman–Crippen MR) is 108 cm³/mol. The summed E-state index contributed by atoms with van der Waals surface area (Å²) in [5, 5.41) is 5.47. The highest BCUT2D eigenvalue weighted by atomic mass is 16.2. The Morgan fingerprint density at radius 1 is 0.852 bits per heavy atom. The number of aryl methyl sites for hydroxylation is 2. The number of nitrogens with one attached hydrogen (secondary N) is 2. The van der Waals surface area contributed by atoms with E-state index in [2.05, 4.69) is 10.6 Å². The third-order valence-corrected chi connectivity index (χ3v) is 4.23. The van der Waals surface area contributed by atoms with E-state index in [4.69, 9.17) is 0 Å². The Balaban J connectivity index is 1.96. The van der Waals surface area contributed by atoms with Crippen LogP contribution in [-0.2, 0) is 14.4 Å². The highest BCUT2D eigenvalue weighted by Gasteiger charge is 2.14. The van der Waals surface area contributed by atoms with Gasteiger partial charge in [-0.25, -0.2) is 0 Å². The van der Waals surface area contributed by atoms with Crippen LogP contribution in [0.1, 0.15) is 31.4 Å². The van der Waals surface area contributed by atoms with Gasteiger partial charge in [0.25, 0.3) is 0 Å². The number of hydrogen-bond acceptors (Lipinski definition) is 3. The van der Waals surface area contributed by atoms with Gasteiger partial charge in [0, 0.05) is 43.9 Å². The van der Waals surface area contributed by atoms with Crippen LogP contribution >= 0.6 is 0 Å². The average molecular weight is 367 g/mol. The summed E-state index contributed by atoms with van der Waals surface area (Å²) < 4.78 is 0. The molecule has 0 bridgehead atoms. The molecule has 6 heteroatoms.